The lowest BCUT2D eigenvalue weighted by Crippen LogP contribution is -2.30. The van der Waals surface area contributed by atoms with E-state index < -0.39 is 0 Å². The van der Waals surface area contributed by atoms with Crippen LogP contribution < -0.4 is 10.6 Å². The summed E-state index contributed by atoms with van der Waals surface area (Å²) in [6.07, 6.45) is 1.78. The summed E-state index contributed by atoms with van der Waals surface area (Å²) in [7, 11) is 0. The van der Waals surface area contributed by atoms with E-state index in [2.05, 4.69) is 30.3 Å². The Kier molecular flexibility index (Phi) is 5.21. The van der Waals surface area contributed by atoms with Crippen molar-refractivity contribution < 1.29 is 4.79 Å². The van der Waals surface area contributed by atoms with Gasteiger partial charge in [-0.15, -0.1) is 0 Å². The Hall–Kier alpha value is -2.62. The van der Waals surface area contributed by atoms with Gasteiger partial charge in [0.1, 0.15) is 0 Å². The van der Waals surface area contributed by atoms with Gasteiger partial charge in [0.15, 0.2) is 0 Å². The number of carbonyl (C=O) groups is 1. The lowest BCUT2D eigenvalue weighted by atomic mass is 9.91. The molecule has 142 valence electrons. The van der Waals surface area contributed by atoms with Gasteiger partial charge in [-0.1, -0.05) is 48.0 Å². The average Bonchev–Trinajstić information content (AvgIpc) is 2.69. The van der Waals surface area contributed by atoms with Crippen LogP contribution in [0.5, 0.6) is 0 Å². The third-order valence-electron chi connectivity index (χ3n) is 5.46. The molecule has 0 radical (unpaired) electrons. The molecule has 3 aromatic rings. The van der Waals surface area contributed by atoms with Crippen LogP contribution >= 0.6 is 11.6 Å². The molecule has 0 spiro atoms. The van der Waals surface area contributed by atoms with Crippen LogP contribution in [0, 0.1) is 0 Å². The number of fused-ring (bicyclic) bond motifs is 2. The number of halogens is 1. The highest BCUT2D eigenvalue weighted by Crippen LogP contribution is 2.33. The lowest BCUT2D eigenvalue weighted by molar-refractivity contribution is -0.116. The Bertz CT molecular complexity index is 1040. The second kappa shape index (κ2) is 7.78. The number of benzene rings is 3. The monoisotopic (exact) mass is 390 g/mol. The highest BCUT2D eigenvalue weighted by Gasteiger charge is 2.21. The summed E-state index contributed by atoms with van der Waals surface area (Å²) < 4.78 is 0. The van der Waals surface area contributed by atoms with E-state index >= 15 is 0 Å². The van der Waals surface area contributed by atoms with Crippen LogP contribution in [0.25, 0.3) is 11.1 Å². The predicted molar refractivity (Wildman–Crippen MR) is 115 cm³/mol. The van der Waals surface area contributed by atoms with E-state index in [1.807, 2.05) is 35.2 Å². The number of carbonyl (C=O) groups excluding carboxylic acids is 1. The van der Waals surface area contributed by atoms with Crippen molar-refractivity contribution >= 4 is 23.2 Å². The fourth-order valence-electron chi connectivity index (χ4n) is 3.99. The molecule has 28 heavy (non-hydrogen) atoms. The first-order valence-electron chi connectivity index (χ1n) is 9.53. The molecule has 0 aliphatic carbocycles. The topological polar surface area (TPSA) is 46.3 Å². The molecular formula is C24H23ClN2O. The fraction of sp³-hybridized carbons (Fsp3) is 0.208. The maximum atomic E-state index is 12.5. The van der Waals surface area contributed by atoms with E-state index in [9.17, 15) is 4.79 Å². The van der Waals surface area contributed by atoms with Crippen LogP contribution in [0.1, 0.15) is 29.2 Å². The number of anilines is 1. The molecule has 1 aliphatic heterocycles. The van der Waals surface area contributed by atoms with Crippen molar-refractivity contribution in [2.24, 2.45) is 5.73 Å². The van der Waals surface area contributed by atoms with E-state index in [1.54, 1.807) is 6.92 Å². The summed E-state index contributed by atoms with van der Waals surface area (Å²) in [5.41, 5.74) is 13.9. The van der Waals surface area contributed by atoms with Crippen molar-refractivity contribution in [3.8, 4) is 11.1 Å². The Morgan fingerprint density at radius 2 is 1.79 bits per heavy atom. The zero-order valence-corrected chi connectivity index (χ0v) is 16.7. The molecule has 0 saturated heterocycles. The number of amides is 1. The normalized spacial score (nSPS) is 13.3. The summed E-state index contributed by atoms with van der Waals surface area (Å²) >= 11 is 6.20. The number of hydrogen-bond acceptors (Lipinski definition) is 2. The van der Waals surface area contributed by atoms with Crippen molar-refractivity contribution in [3.63, 3.8) is 0 Å². The van der Waals surface area contributed by atoms with E-state index in [1.165, 1.54) is 11.1 Å². The van der Waals surface area contributed by atoms with Gasteiger partial charge in [-0.05, 0) is 70.5 Å². The van der Waals surface area contributed by atoms with Crippen molar-refractivity contribution in [3.05, 3.63) is 87.9 Å². The molecule has 1 aliphatic rings. The maximum Gasteiger partial charge on any atom is 0.224 e. The van der Waals surface area contributed by atoms with Crippen LogP contribution in [-0.2, 0) is 30.7 Å². The fourth-order valence-corrected chi connectivity index (χ4v) is 4.18. The minimum absolute atomic E-state index is 0.0317. The van der Waals surface area contributed by atoms with Gasteiger partial charge in [-0.3, -0.25) is 4.79 Å². The molecule has 2 N–H and O–H groups in total. The number of hydrogen-bond donors (Lipinski definition) is 1. The first-order chi connectivity index (χ1) is 13.6. The van der Waals surface area contributed by atoms with Gasteiger partial charge in [0.25, 0.3) is 0 Å². The zero-order chi connectivity index (χ0) is 19.7. The first-order valence-corrected chi connectivity index (χ1v) is 9.91. The Morgan fingerprint density at radius 3 is 2.57 bits per heavy atom. The van der Waals surface area contributed by atoms with Crippen LogP contribution in [0.2, 0.25) is 5.02 Å². The van der Waals surface area contributed by atoms with Crippen molar-refractivity contribution in [2.75, 3.05) is 4.90 Å². The molecular weight excluding hydrogens is 368 g/mol. The molecule has 0 unspecified atom stereocenters. The number of aryl methyl sites for hydroxylation is 2. The summed E-state index contributed by atoms with van der Waals surface area (Å²) in [5, 5.41) is 0.705. The van der Waals surface area contributed by atoms with Gasteiger partial charge in [-0.25, -0.2) is 0 Å². The second-order valence-corrected chi connectivity index (χ2v) is 7.66. The standard InChI is InChI=1S/C24H23ClN2O/c1-16(28)27-15-21-12-18(23-5-3-2-4-20(23)14-26)8-6-17(21)7-9-19-13-22(25)10-11-24(19)27/h2-6,8,10-13H,7,9,14-15,26H2,1H3. The zero-order valence-electron chi connectivity index (χ0n) is 15.9. The Balaban J connectivity index is 1.79. The van der Waals surface area contributed by atoms with E-state index in [4.69, 9.17) is 17.3 Å². The van der Waals surface area contributed by atoms with Gasteiger partial charge >= 0.3 is 0 Å². The van der Waals surface area contributed by atoms with Crippen LogP contribution in [0.3, 0.4) is 0 Å². The van der Waals surface area contributed by atoms with Gasteiger partial charge in [0, 0.05) is 24.2 Å². The predicted octanol–water partition coefficient (Wildman–Crippen LogP) is 5.12. The Labute approximate surface area is 170 Å². The van der Waals surface area contributed by atoms with Crippen molar-refractivity contribution in [1.82, 2.24) is 0 Å². The SMILES string of the molecule is CC(=O)N1Cc2cc(-c3ccccc3CN)ccc2CCc2cc(Cl)ccc21. The molecule has 3 aromatic carbocycles. The second-order valence-electron chi connectivity index (χ2n) is 7.22. The van der Waals surface area contributed by atoms with E-state index in [0.29, 0.717) is 18.1 Å². The molecule has 1 heterocycles. The minimum Gasteiger partial charge on any atom is -0.326 e. The summed E-state index contributed by atoms with van der Waals surface area (Å²) in [5.74, 6) is 0.0317. The first kappa shape index (κ1) is 18.7. The van der Waals surface area contributed by atoms with Crippen molar-refractivity contribution in [2.45, 2.75) is 32.9 Å². The molecule has 4 heteroatoms. The molecule has 0 aromatic heterocycles. The molecule has 0 bridgehead atoms. The molecule has 4 rings (SSSR count). The van der Waals surface area contributed by atoms with E-state index in [0.717, 1.165) is 40.8 Å². The van der Waals surface area contributed by atoms with Gasteiger partial charge in [0.05, 0.1) is 6.54 Å². The van der Waals surface area contributed by atoms with Gasteiger partial charge < -0.3 is 10.6 Å². The minimum atomic E-state index is 0.0317. The van der Waals surface area contributed by atoms with Gasteiger partial charge in [0.2, 0.25) is 5.91 Å². The van der Waals surface area contributed by atoms with Crippen molar-refractivity contribution in [1.29, 1.82) is 0 Å². The highest BCUT2D eigenvalue weighted by molar-refractivity contribution is 6.30. The maximum absolute atomic E-state index is 12.5. The molecule has 3 nitrogen and oxygen atoms in total. The quantitative estimate of drug-likeness (QED) is 0.660. The summed E-state index contributed by atoms with van der Waals surface area (Å²) in [6, 6.07) is 20.6. The van der Waals surface area contributed by atoms with E-state index in [-0.39, 0.29) is 5.91 Å². The van der Waals surface area contributed by atoms with Crippen LogP contribution in [0.15, 0.2) is 60.7 Å². The smallest absolute Gasteiger partial charge is 0.224 e. The Morgan fingerprint density at radius 1 is 1.00 bits per heavy atom. The number of nitrogens with two attached hydrogens (primary N) is 1. The third-order valence-corrected chi connectivity index (χ3v) is 5.69. The molecule has 1 amide bonds. The largest absolute Gasteiger partial charge is 0.326 e. The molecule has 0 fully saturated rings. The number of rotatable bonds is 2. The molecule has 0 saturated carbocycles. The van der Waals surface area contributed by atoms with Gasteiger partial charge in [-0.2, -0.15) is 0 Å². The average molecular weight is 391 g/mol. The third kappa shape index (κ3) is 3.56. The molecule has 0 atom stereocenters. The summed E-state index contributed by atoms with van der Waals surface area (Å²) in [4.78, 5) is 14.3. The highest BCUT2D eigenvalue weighted by atomic mass is 35.5. The summed E-state index contributed by atoms with van der Waals surface area (Å²) in [6.45, 7) is 2.67. The number of nitrogens with zero attached hydrogens (tertiary/aromatic N) is 1. The lowest BCUT2D eigenvalue weighted by Gasteiger charge is -2.28. The van der Waals surface area contributed by atoms with Crippen LogP contribution in [-0.4, -0.2) is 5.91 Å². The van der Waals surface area contributed by atoms with Crippen LogP contribution in [0.4, 0.5) is 5.69 Å².